The van der Waals surface area contributed by atoms with Crippen LogP contribution in [0.15, 0.2) is 54.6 Å². The lowest BCUT2D eigenvalue weighted by Gasteiger charge is -2.17. The molecule has 2 atom stereocenters. The lowest BCUT2D eigenvalue weighted by atomic mass is 10.1. The number of carboxylic acids is 1. The van der Waals surface area contributed by atoms with Crippen molar-refractivity contribution in [2.75, 3.05) is 5.32 Å². The number of anilines is 1. The van der Waals surface area contributed by atoms with Crippen molar-refractivity contribution in [1.29, 1.82) is 0 Å². The van der Waals surface area contributed by atoms with E-state index in [9.17, 15) is 24.2 Å². The van der Waals surface area contributed by atoms with Gasteiger partial charge in [0.05, 0.1) is 24.3 Å². The summed E-state index contributed by atoms with van der Waals surface area (Å²) >= 11 is 0. The number of hydrogen-bond donors (Lipinski definition) is 4. The van der Waals surface area contributed by atoms with Gasteiger partial charge in [0.1, 0.15) is 17.3 Å². The molecule has 0 saturated heterocycles. The minimum Gasteiger partial charge on any atom is -0.481 e. The zero-order valence-corrected chi connectivity index (χ0v) is 19.5. The standard InChI is InChI=1S/C26H30FN3O5/c1-2-6-22-24(26(35)28-19-7-4-3-5-8-19)29-25(17-9-11-18(27)12-10-17)30(22)14-13-20(31)15-21(32)16-23(33)34/h3-5,7-12,20-21,31-32H,2,6,13-16H2,1H3,(H,28,35)(H,33,34)/t20-,21-/m1/s1. The number of para-hydroxylation sites is 1. The molecular formula is C26H30FN3O5. The summed E-state index contributed by atoms with van der Waals surface area (Å²) in [5, 5.41) is 31.9. The van der Waals surface area contributed by atoms with E-state index in [4.69, 9.17) is 5.11 Å². The molecule has 3 rings (SSSR count). The molecule has 3 aromatic rings. The minimum atomic E-state index is -1.16. The molecule has 8 nitrogen and oxygen atoms in total. The Morgan fingerprint density at radius 1 is 1.06 bits per heavy atom. The van der Waals surface area contributed by atoms with Crippen molar-refractivity contribution in [1.82, 2.24) is 9.55 Å². The Kier molecular flexibility index (Phi) is 9.11. The van der Waals surface area contributed by atoms with Crippen molar-refractivity contribution in [3.8, 4) is 11.4 Å². The van der Waals surface area contributed by atoms with Crippen LogP contribution in [-0.4, -0.2) is 49.0 Å². The molecule has 0 fully saturated rings. The van der Waals surface area contributed by atoms with Gasteiger partial charge in [-0.2, -0.15) is 0 Å². The Balaban J connectivity index is 1.93. The Morgan fingerprint density at radius 2 is 1.74 bits per heavy atom. The van der Waals surface area contributed by atoms with Gasteiger partial charge in [-0.15, -0.1) is 0 Å². The maximum Gasteiger partial charge on any atom is 0.305 e. The molecule has 0 bridgehead atoms. The summed E-state index contributed by atoms with van der Waals surface area (Å²) in [6.07, 6.45) is -1.17. The number of carboxylic acid groups (broad SMARTS) is 1. The maximum atomic E-state index is 13.6. The third kappa shape index (κ3) is 7.21. The fourth-order valence-corrected chi connectivity index (χ4v) is 3.93. The van der Waals surface area contributed by atoms with E-state index >= 15 is 0 Å². The van der Waals surface area contributed by atoms with E-state index in [0.717, 1.165) is 6.42 Å². The van der Waals surface area contributed by atoms with Gasteiger partial charge < -0.3 is 25.2 Å². The molecule has 9 heteroatoms. The molecule has 0 aliphatic carbocycles. The number of halogens is 1. The molecule has 1 amide bonds. The van der Waals surface area contributed by atoms with Crippen LogP contribution in [0.1, 0.15) is 48.8 Å². The SMILES string of the molecule is CCCc1c(C(=O)Nc2ccccc2)nc(-c2ccc(F)cc2)n1CC[C@@H](O)C[C@@H](O)CC(=O)O. The smallest absolute Gasteiger partial charge is 0.305 e. The molecule has 0 spiro atoms. The molecule has 2 aromatic carbocycles. The van der Waals surface area contributed by atoms with Crippen molar-refractivity contribution in [2.24, 2.45) is 0 Å². The average Bonchev–Trinajstić information content (AvgIpc) is 3.17. The number of aliphatic hydroxyl groups is 2. The number of imidazole rings is 1. The average molecular weight is 484 g/mol. The number of carbonyl (C=O) groups is 2. The number of nitrogens with one attached hydrogen (secondary N) is 1. The largest absolute Gasteiger partial charge is 0.481 e. The van der Waals surface area contributed by atoms with Crippen molar-refractivity contribution >= 4 is 17.6 Å². The van der Waals surface area contributed by atoms with Gasteiger partial charge >= 0.3 is 5.97 Å². The predicted molar refractivity (Wildman–Crippen MR) is 130 cm³/mol. The monoisotopic (exact) mass is 483 g/mol. The van der Waals surface area contributed by atoms with Gasteiger partial charge in [0.15, 0.2) is 0 Å². The van der Waals surface area contributed by atoms with E-state index < -0.39 is 30.4 Å². The molecule has 0 aliphatic rings. The number of benzene rings is 2. The van der Waals surface area contributed by atoms with Crippen LogP contribution in [0.2, 0.25) is 0 Å². The number of amides is 1. The Morgan fingerprint density at radius 3 is 2.37 bits per heavy atom. The topological polar surface area (TPSA) is 125 Å². The van der Waals surface area contributed by atoms with Crippen LogP contribution in [0.4, 0.5) is 10.1 Å². The predicted octanol–water partition coefficient (Wildman–Crippen LogP) is 3.87. The summed E-state index contributed by atoms with van der Waals surface area (Å²) < 4.78 is 15.4. The zero-order valence-electron chi connectivity index (χ0n) is 19.5. The van der Waals surface area contributed by atoms with Crippen LogP contribution in [0.5, 0.6) is 0 Å². The first-order valence-corrected chi connectivity index (χ1v) is 11.6. The second-order valence-corrected chi connectivity index (χ2v) is 8.39. The third-order valence-electron chi connectivity index (χ3n) is 5.55. The van der Waals surface area contributed by atoms with Crippen LogP contribution >= 0.6 is 0 Å². The van der Waals surface area contributed by atoms with Crippen molar-refractivity contribution < 1.29 is 29.3 Å². The maximum absolute atomic E-state index is 13.6. The Labute approximate surface area is 203 Å². The fraction of sp³-hybridized carbons (Fsp3) is 0.346. The Hall–Kier alpha value is -3.56. The van der Waals surface area contributed by atoms with E-state index in [-0.39, 0.29) is 31.0 Å². The van der Waals surface area contributed by atoms with Crippen molar-refractivity contribution in [2.45, 2.75) is 57.8 Å². The zero-order chi connectivity index (χ0) is 25.4. The highest BCUT2D eigenvalue weighted by Gasteiger charge is 2.24. The highest BCUT2D eigenvalue weighted by atomic mass is 19.1. The number of hydrogen-bond acceptors (Lipinski definition) is 5. The summed E-state index contributed by atoms with van der Waals surface area (Å²) in [4.78, 5) is 28.6. The van der Waals surface area contributed by atoms with E-state index in [1.165, 1.54) is 12.1 Å². The van der Waals surface area contributed by atoms with E-state index in [2.05, 4.69) is 10.3 Å². The molecule has 35 heavy (non-hydrogen) atoms. The lowest BCUT2D eigenvalue weighted by molar-refractivity contribution is -0.139. The molecule has 4 N–H and O–H groups in total. The summed E-state index contributed by atoms with van der Waals surface area (Å²) in [5.74, 6) is -1.45. The highest BCUT2D eigenvalue weighted by Crippen LogP contribution is 2.26. The van der Waals surface area contributed by atoms with Gasteiger partial charge in [-0.25, -0.2) is 9.37 Å². The minimum absolute atomic E-state index is 0.0860. The molecule has 0 radical (unpaired) electrons. The quantitative estimate of drug-likeness (QED) is 0.310. The van der Waals surface area contributed by atoms with Crippen molar-refractivity contribution in [3.63, 3.8) is 0 Å². The lowest BCUT2D eigenvalue weighted by Crippen LogP contribution is -2.22. The first-order chi connectivity index (χ1) is 16.8. The van der Waals surface area contributed by atoms with Gasteiger partial charge in [0.2, 0.25) is 0 Å². The number of aliphatic hydroxyl groups excluding tert-OH is 2. The number of nitrogens with zero attached hydrogens (tertiary/aromatic N) is 2. The normalized spacial score (nSPS) is 12.8. The van der Waals surface area contributed by atoms with Gasteiger partial charge in [0.25, 0.3) is 5.91 Å². The van der Waals surface area contributed by atoms with Crippen LogP contribution in [0, 0.1) is 5.82 Å². The number of carbonyl (C=O) groups excluding carboxylic acids is 1. The third-order valence-corrected chi connectivity index (χ3v) is 5.55. The van der Waals surface area contributed by atoms with E-state index in [1.54, 1.807) is 24.3 Å². The van der Waals surface area contributed by atoms with Gasteiger partial charge in [-0.3, -0.25) is 9.59 Å². The van der Waals surface area contributed by atoms with E-state index in [0.29, 0.717) is 29.2 Å². The molecule has 1 aromatic heterocycles. The van der Waals surface area contributed by atoms with Crippen LogP contribution in [0.25, 0.3) is 11.4 Å². The summed E-state index contributed by atoms with van der Waals surface area (Å²) in [7, 11) is 0. The molecule has 186 valence electrons. The van der Waals surface area contributed by atoms with Gasteiger partial charge in [-0.1, -0.05) is 31.5 Å². The van der Waals surface area contributed by atoms with Crippen LogP contribution in [-0.2, 0) is 17.8 Å². The summed E-state index contributed by atoms with van der Waals surface area (Å²) in [6, 6.07) is 14.8. The number of rotatable bonds is 12. The molecular weight excluding hydrogens is 453 g/mol. The summed E-state index contributed by atoms with van der Waals surface area (Å²) in [6.45, 7) is 2.25. The molecule has 0 aliphatic heterocycles. The first kappa shape index (κ1) is 26.1. The van der Waals surface area contributed by atoms with Gasteiger partial charge in [0, 0.05) is 17.8 Å². The number of aliphatic carboxylic acids is 1. The Bertz CT molecular complexity index is 1130. The molecule has 0 saturated carbocycles. The highest BCUT2D eigenvalue weighted by molar-refractivity contribution is 6.04. The van der Waals surface area contributed by atoms with Crippen molar-refractivity contribution in [3.05, 3.63) is 71.8 Å². The van der Waals surface area contributed by atoms with Crippen LogP contribution < -0.4 is 5.32 Å². The van der Waals surface area contributed by atoms with Crippen LogP contribution in [0.3, 0.4) is 0 Å². The fourth-order valence-electron chi connectivity index (χ4n) is 3.93. The second-order valence-electron chi connectivity index (χ2n) is 8.39. The van der Waals surface area contributed by atoms with E-state index in [1.807, 2.05) is 29.7 Å². The molecule has 1 heterocycles. The number of aromatic nitrogens is 2. The second kappa shape index (κ2) is 12.2. The first-order valence-electron chi connectivity index (χ1n) is 11.6. The molecule has 0 unspecified atom stereocenters. The summed E-state index contributed by atoms with van der Waals surface area (Å²) in [5.41, 5.74) is 2.16. The van der Waals surface area contributed by atoms with Gasteiger partial charge in [-0.05, 0) is 55.7 Å².